The van der Waals surface area contributed by atoms with Crippen LogP contribution in [-0.4, -0.2) is 136 Å². The maximum atomic E-state index is 14.1. The molecule has 7 aromatic heterocycles. The van der Waals surface area contributed by atoms with Gasteiger partial charge in [-0.25, -0.2) is 24.6 Å². The third kappa shape index (κ3) is 21.8. The van der Waals surface area contributed by atoms with E-state index in [-0.39, 0.29) is 53.9 Å². The number of alkyl halides is 6. The van der Waals surface area contributed by atoms with E-state index in [1.165, 1.54) is 31.1 Å². The van der Waals surface area contributed by atoms with Gasteiger partial charge in [-0.15, -0.1) is 30.6 Å². The zero-order valence-electron chi connectivity index (χ0n) is 42.0. The van der Waals surface area contributed by atoms with Crippen LogP contribution in [-0.2, 0) is 41.5 Å². The summed E-state index contributed by atoms with van der Waals surface area (Å²) in [4.78, 5) is 16.9. The van der Waals surface area contributed by atoms with E-state index in [9.17, 15) is 39.9 Å². The Morgan fingerprint density at radius 1 is 0.679 bits per heavy atom. The Bertz CT molecular complexity index is 3010. The van der Waals surface area contributed by atoms with Gasteiger partial charge in [-0.05, 0) is 102 Å². The van der Waals surface area contributed by atoms with Crippen molar-refractivity contribution in [1.29, 1.82) is 0 Å². The lowest BCUT2D eigenvalue weighted by atomic mass is 9.80. The molecule has 34 heteroatoms. The molecule has 0 aromatic carbocycles. The molecule has 0 saturated carbocycles. The lowest BCUT2D eigenvalue weighted by Crippen LogP contribution is -2.41. The minimum Gasteiger partial charge on any atom is -0.463 e. The second-order valence-corrected chi connectivity index (χ2v) is 17.6. The quantitative estimate of drug-likeness (QED) is 0.0358. The molecule has 450 valence electrons. The number of ether oxygens (including phenoxy) is 5. The van der Waals surface area contributed by atoms with Crippen LogP contribution in [0.25, 0.3) is 22.6 Å². The summed E-state index contributed by atoms with van der Waals surface area (Å²) in [6, 6.07) is 11.8. The van der Waals surface area contributed by atoms with Gasteiger partial charge in [-0.1, -0.05) is 52.9 Å². The standard InChI is InChI=1S/C15H13F4N5O2.C14H18BF4NO3.C7H7ClN4O.C4H5ClN4.C3H5ClO2.4CH4/c1-8(15(17,18)19)26-14-10(16)5-9(6-20-14)11-3-4-12-21-22-13(7-25-2)24(12)23-11;1-8(14(17,18)19)21-11-10(16)6-9(7-20-11)15-22-12(2,3)13(4,5)23-15;1-13-4-7-10-9-6-3-2-5(8)11-12(6)7;5-3-1-2-4(7-6)9-8-3;1-6-2-3(4)5;;;;/h3-6,8H,7H2,1-2H3;6-8H,1-5H3;2-3H,4H2,1H3;1-2H,6H2,(H,7,9);2H2,1H3;4*1H4/t2*8-;;;;;;;/m11......./s1. The minimum absolute atomic E-state index is 0. The Hall–Kier alpha value is -6.32. The Morgan fingerprint density at radius 2 is 1.15 bits per heavy atom. The third-order valence-corrected chi connectivity index (χ3v) is 10.7. The minimum atomic E-state index is -4.62. The summed E-state index contributed by atoms with van der Waals surface area (Å²) in [6.45, 7) is 9.43. The molecule has 8 heterocycles. The highest BCUT2D eigenvalue weighted by Gasteiger charge is 2.52. The molecule has 1 fully saturated rings. The Labute approximate surface area is 477 Å². The molecule has 1 aliphatic rings. The van der Waals surface area contributed by atoms with Crippen molar-refractivity contribution in [2.24, 2.45) is 5.84 Å². The zero-order valence-corrected chi connectivity index (χ0v) is 44.3. The second kappa shape index (κ2) is 33.0. The van der Waals surface area contributed by atoms with Crippen LogP contribution in [0.3, 0.4) is 0 Å². The van der Waals surface area contributed by atoms with Crippen LogP contribution in [0, 0.1) is 11.6 Å². The van der Waals surface area contributed by atoms with Gasteiger partial charge in [0, 0.05) is 44.7 Å². The van der Waals surface area contributed by atoms with E-state index in [1.54, 1.807) is 48.0 Å². The number of hydrogen-bond acceptors (Lipinski definition) is 20. The summed E-state index contributed by atoms with van der Waals surface area (Å²) in [5, 5.41) is 31.3. The number of methoxy groups -OCH3 is 3. The molecular formula is C47H64BCl3F8N14O8. The molecule has 2 atom stereocenters. The fourth-order valence-corrected chi connectivity index (χ4v) is 5.85. The predicted octanol–water partition coefficient (Wildman–Crippen LogP) is 9.93. The first kappa shape index (κ1) is 74.7. The highest BCUT2D eigenvalue weighted by Crippen LogP contribution is 2.37. The number of nitrogens with two attached hydrogens (primary N) is 1. The van der Waals surface area contributed by atoms with Gasteiger partial charge in [0.1, 0.15) is 25.0 Å². The number of anilines is 1. The first-order chi connectivity index (χ1) is 36.0. The van der Waals surface area contributed by atoms with Crippen molar-refractivity contribution < 1.29 is 72.9 Å². The fraction of sp³-hybridized carbons (Fsp3) is 0.468. The lowest BCUT2D eigenvalue weighted by Gasteiger charge is -2.32. The van der Waals surface area contributed by atoms with Crippen LogP contribution in [0.4, 0.5) is 40.9 Å². The number of nitrogens with zero attached hydrogens (tertiary/aromatic N) is 12. The highest BCUT2D eigenvalue weighted by molar-refractivity contribution is 6.64. The van der Waals surface area contributed by atoms with Crippen molar-refractivity contribution in [3.05, 3.63) is 94.5 Å². The first-order valence-corrected chi connectivity index (χ1v) is 23.0. The van der Waals surface area contributed by atoms with Gasteiger partial charge >= 0.3 is 19.5 Å². The molecule has 0 unspecified atom stereocenters. The van der Waals surface area contributed by atoms with Crippen molar-refractivity contribution in [3.63, 3.8) is 0 Å². The van der Waals surface area contributed by atoms with Crippen LogP contribution in [0.2, 0.25) is 10.3 Å². The molecular weight excluding hydrogens is 1160 g/mol. The van der Waals surface area contributed by atoms with Crippen molar-refractivity contribution in [3.8, 4) is 23.0 Å². The average Bonchev–Trinajstić information content (AvgIpc) is 4.07. The van der Waals surface area contributed by atoms with E-state index < -0.39 is 71.5 Å². The molecule has 1 aliphatic heterocycles. The summed E-state index contributed by atoms with van der Waals surface area (Å²) in [6.07, 6.45) is -11.2. The SMILES string of the molecule is C.C.C.C.COCC(=O)Cl.COCc1nnc2ccc(-c3cnc(O[C@H](C)C(F)(F)F)c(F)c3)nn12.COCc1nnc2ccc(Cl)nn12.C[C@@H](Oc1ncc(B2OC(C)(C)C(C)(C)O2)cc1F)C(F)(F)F.NNc1ccc(Cl)nn1. The fourth-order valence-electron chi connectivity index (χ4n) is 5.50. The van der Waals surface area contributed by atoms with E-state index in [2.05, 4.69) is 70.4 Å². The largest absolute Gasteiger partial charge is 0.496 e. The molecule has 8 rings (SSSR count). The summed E-state index contributed by atoms with van der Waals surface area (Å²) >= 11 is 16.0. The Morgan fingerprint density at radius 3 is 1.56 bits per heavy atom. The number of halogens is 11. The first-order valence-electron chi connectivity index (χ1n) is 21.9. The van der Waals surface area contributed by atoms with Gasteiger partial charge in [0.25, 0.3) is 11.8 Å². The Balaban J connectivity index is 0.00000106. The number of fused-ring (bicyclic) bond motifs is 2. The van der Waals surface area contributed by atoms with Gasteiger partial charge in [0.2, 0.25) is 5.24 Å². The number of carbonyl (C=O) groups excluding carboxylic acids is 1. The molecule has 3 N–H and O–H groups in total. The van der Waals surface area contributed by atoms with E-state index in [4.69, 9.17) is 59.4 Å². The second-order valence-electron chi connectivity index (χ2n) is 16.4. The van der Waals surface area contributed by atoms with Crippen LogP contribution in [0.5, 0.6) is 11.8 Å². The lowest BCUT2D eigenvalue weighted by molar-refractivity contribution is -0.190. The van der Waals surface area contributed by atoms with Crippen molar-refractivity contribution in [2.45, 2.75) is 120 Å². The maximum Gasteiger partial charge on any atom is 0.496 e. The number of carbonyl (C=O) groups is 1. The normalized spacial score (nSPS) is 13.7. The molecule has 81 heavy (non-hydrogen) atoms. The van der Waals surface area contributed by atoms with Gasteiger partial charge < -0.3 is 38.4 Å². The number of nitrogen functional groups attached to an aromatic ring is 1. The van der Waals surface area contributed by atoms with Crippen LogP contribution < -0.4 is 26.2 Å². The van der Waals surface area contributed by atoms with Gasteiger partial charge in [-0.3, -0.25) is 4.79 Å². The van der Waals surface area contributed by atoms with E-state index >= 15 is 0 Å². The molecule has 0 spiro atoms. The summed E-state index contributed by atoms with van der Waals surface area (Å²) in [5.74, 6) is 3.11. The molecule has 0 amide bonds. The number of hydrazine groups is 1. The van der Waals surface area contributed by atoms with Gasteiger partial charge in [0.05, 0.1) is 16.9 Å². The van der Waals surface area contributed by atoms with Crippen molar-refractivity contribution in [1.82, 2.24) is 59.8 Å². The highest BCUT2D eigenvalue weighted by atomic mass is 35.5. The molecule has 0 aliphatic carbocycles. The molecule has 0 radical (unpaired) electrons. The monoisotopic (exact) mass is 1220 g/mol. The average molecular weight is 1220 g/mol. The smallest absolute Gasteiger partial charge is 0.463 e. The van der Waals surface area contributed by atoms with Crippen LogP contribution in [0.15, 0.2) is 60.9 Å². The summed E-state index contributed by atoms with van der Waals surface area (Å²) in [7, 11) is 3.65. The Kier molecular flexibility index (Phi) is 30.4. The maximum absolute atomic E-state index is 14.1. The number of hydrogen-bond donors (Lipinski definition) is 2. The number of aromatic nitrogens is 12. The molecule has 7 aromatic rings. The van der Waals surface area contributed by atoms with Gasteiger partial charge in [-0.2, -0.15) is 45.6 Å². The zero-order chi connectivity index (χ0) is 57.5. The number of nitrogens with one attached hydrogen (secondary N) is 1. The van der Waals surface area contributed by atoms with E-state index in [0.717, 1.165) is 26.0 Å². The molecule has 1 saturated heterocycles. The van der Waals surface area contributed by atoms with Gasteiger partial charge in [0.15, 0.2) is 57.8 Å². The topological polar surface area (TPSA) is 257 Å². The number of pyridine rings is 2. The predicted molar refractivity (Wildman–Crippen MR) is 288 cm³/mol. The number of rotatable bonds is 13. The van der Waals surface area contributed by atoms with Crippen LogP contribution in [0.1, 0.15) is 82.9 Å². The van der Waals surface area contributed by atoms with Crippen molar-refractivity contribution in [2.75, 3.05) is 33.4 Å². The van der Waals surface area contributed by atoms with E-state index in [0.29, 0.717) is 51.4 Å². The van der Waals surface area contributed by atoms with E-state index in [1.807, 2.05) is 27.7 Å². The summed E-state index contributed by atoms with van der Waals surface area (Å²) in [5.41, 5.74) is 3.08. The van der Waals surface area contributed by atoms with Crippen molar-refractivity contribution >= 4 is 69.7 Å². The molecule has 22 nitrogen and oxygen atoms in total. The van der Waals surface area contributed by atoms with Crippen LogP contribution >= 0.6 is 34.8 Å². The third-order valence-electron chi connectivity index (χ3n) is 10.2. The molecule has 0 bridgehead atoms. The summed E-state index contributed by atoms with van der Waals surface area (Å²) < 4.78 is 141.